The van der Waals surface area contributed by atoms with E-state index < -0.39 is 23.1 Å². The van der Waals surface area contributed by atoms with Gasteiger partial charge in [-0.1, -0.05) is 12.5 Å². The second kappa shape index (κ2) is 8.43. The average molecular weight is 425 g/mol. The normalized spacial score (nSPS) is 17.2. The molecule has 1 atom stereocenters. The van der Waals surface area contributed by atoms with Gasteiger partial charge in [-0.25, -0.2) is 14.2 Å². The number of fused-ring (bicyclic) bond motifs is 1. The lowest BCUT2D eigenvalue weighted by atomic mass is 9.94. The quantitative estimate of drug-likeness (QED) is 0.482. The van der Waals surface area contributed by atoms with Gasteiger partial charge in [-0.3, -0.25) is 23.6 Å². The number of benzene rings is 1. The molecule has 1 aromatic carbocycles. The van der Waals surface area contributed by atoms with Crippen LogP contribution in [-0.2, 0) is 20.1 Å². The number of aromatic nitrogens is 4. The van der Waals surface area contributed by atoms with Crippen molar-refractivity contribution in [1.82, 2.24) is 24.0 Å². The van der Waals surface area contributed by atoms with E-state index in [4.69, 9.17) is 0 Å². The standard InChI is InChI=1S/C22H24FN5O3/c1-3-6-17-24-18-20(25-17)28(22(31)26(2)21(18)30)13-27-12-5-4-7-16(27)19(29)14-8-10-15(23)11-9-14/h3,8-11,16H,1,4-7,12-13H2,2H3,(H,24,25). The Morgan fingerprint density at radius 3 is 2.74 bits per heavy atom. The van der Waals surface area contributed by atoms with Crippen LogP contribution in [0.2, 0.25) is 0 Å². The zero-order valence-corrected chi connectivity index (χ0v) is 17.3. The van der Waals surface area contributed by atoms with Crippen LogP contribution in [0.3, 0.4) is 0 Å². The molecular weight excluding hydrogens is 401 g/mol. The lowest BCUT2D eigenvalue weighted by Gasteiger charge is -2.35. The van der Waals surface area contributed by atoms with Crippen molar-refractivity contribution in [3.63, 3.8) is 0 Å². The first kappa shape index (κ1) is 20.9. The van der Waals surface area contributed by atoms with Gasteiger partial charge in [0.2, 0.25) is 0 Å². The smallest absolute Gasteiger partial charge is 0.333 e. The topological polar surface area (TPSA) is 93.0 Å². The van der Waals surface area contributed by atoms with Crippen LogP contribution in [0.1, 0.15) is 35.4 Å². The van der Waals surface area contributed by atoms with E-state index in [2.05, 4.69) is 16.5 Å². The highest BCUT2D eigenvalue weighted by molar-refractivity contribution is 6.00. The number of rotatable bonds is 6. The summed E-state index contributed by atoms with van der Waals surface area (Å²) in [7, 11) is 1.42. The molecule has 1 fully saturated rings. The van der Waals surface area contributed by atoms with Gasteiger partial charge in [-0.05, 0) is 37.1 Å². The van der Waals surface area contributed by atoms with Crippen molar-refractivity contribution < 1.29 is 9.18 Å². The summed E-state index contributed by atoms with van der Waals surface area (Å²) in [5, 5.41) is 0. The number of halogens is 1. The van der Waals surface area contributed by atoms with Crippen molar-refractivity contribution >= 4 is 16.9 Å². The molecule has 9 heteroatoms. The van der Waals surface area contributed by atoms with Crippen LogP contribution in [-0.4, -0.2) is 42.4 Å². The molecule has 3 heterocycles. The van der Waals surface area contributed by atoms with Gasteiger partial charge in [0, 0.05) is 25.6 Å². The van der Waals surface area contributed by atoms with Crippen LogP contribution in [0.25, 0.3) is 11.2 Å². The molecule has 162 valence electrons. The van der Waals surface area contributed by atoms with Crippen LogP contribution >= 0.6 is 0 Å². The Hall–Kier alpha value is -3.33. The maximum Gasteiger partial charge on any atom is 0.333 e. The highest BCUT2D eigenvalue weighted by Gasteiger charge is 2.30. The largest absolute Gasteiger partial charge is 0.336 e. The molecule has 1 aliphatic rings. The van der Waals surface area contributed by atoms with E-state index in [9.17, 15) is 18.8 Å². The molecule has 1 unspecified atom stereocenters. The van der Waals surface area contributed by atoms with Crippen LogP contribution in [0.5, 0.6) is 0 Å². The van der Waals surface area contributed by atoms with Gasteiger partial charge in [-0.2, -0.15) is 0 Å². The molecule has 0 radical (unpaired) electrons. The van der Waals surface area contributed by atoms with Crippen molar-refractivity contribution in [3.05, 3.63) is 75.0 Å². The predicted octanol–water partition coefficient (Wildman–Crippen LogP) is 1.99. The molecule has 0 amide bonds. The minimum absolute atomic E-state index is 0.108. The SMILES string of the molecule is C=CCc1nc2c([nH]1)c(=O)n(C)c(=O)n2CN1CCCCC1C(=O)c1ccc(F)cc1. The number of nitrogens with one attached hydrogen (secondary N) is 1. The monoisotopic (exact) mass is 425 g/mol. The van der Waals surface area contributed by atoms with E-state index in [1.807, 2.05) is 4.90 Å². The van der Waals surface area contributed by atoms with Crippen molar-refractivity contribution in [2.75, 3.05) is 6.54 Å². The summed E-state index contributed by atoms with van der Waals surface area (Å²) in [6, 6.07) is 5.07. The Balaban J connectivity index is 1.73. The lowest BCUT2D eigenvalue weighted by molar-refractivity contribution is 0.0661. The van der Waals surface area contributed by atoms with E-state index in [1.54, 1.807) is 6.08 Å². The number of nitrogens with zero attached hydrogens (tertiary/aromatic N) is 4. The molecule has 8 nitrogen and oxygen atoms in total. The first-order chi connectivity index (χ1) is 14.9. The number of likely N-dealkylation sites (tertiary alicyclic amines) is 1. The van der Waals surface area contributed by atoms with Gasteiger partial charge < -0.3 is 4.98 Å². The fourth-order valence-electron chi connectivity index (χ4n) is 4.09. The van der Waals surface area contributed by atoms with Crippen molar-refractivity contribution in [1.29, 1.82) is 0 Å². The summed E-state index contributed by atoms with van der Waals surface area (Å²) in [6.45, 7) is 4.43. The summed E-state index contributed by atoms with van der Waals surface area (Å²) in [5.74, 6) is 0.0345. The van der Waals surface area contributed by atoms with Gasteiger partial charge in [0.15, 0.2) is 11.4 Å². The van der Waals surface area contributed by atoms with Crippen molar-refractivity contribution in [2.24, 2.45) is 7.05 Å². The number of allylic oxidation sites excluding steroid dienone is 1. The molecule has 0 bridgehead atoms. The third-order valence-corrected chi connectivity index (χ3v) is 5.73. The lowest BCUT2D eigenvalue weighted by Crippen LogP contribution is -2.48. The van der Waals surface area contributed by atoms with E-state index in [-0.39, 0.29) is 23.6 Å². The number of ketones is 1. The number of piperidine rings is 1. The zero-order chi connectivity index (χ0) is 22.1. The second-order valence-corrected chi connectivity index (χ2v) is 7.79. The maximum absolute atomic E-state index is 13.3. The fourth-order valence-corrected chi connectivity index (χ4v) is 4.09. The molecular formula is C22H24FN5O3. The van der Waals surface area contributed by atoms with Crippen molar-refractivity contribution in [3.8, 4) is 0 Å². The second-order valence-electron chi connectivity index (χ2n) is 7.79. The van der Waals surface area contributed by atoms with Gasteiger partial charge in [-0.15, -0.1) is 6.58 Å². The van der Waals surface area contributed by atoms with E-state index in [1.165, 1.54) is 35.9 Å². The van der Waals surface area contributed by atoms with Gasteiger partial charge in [0.05, 0.1) is 12.7 Å². The molecule has 2 aromatic heterocycles. The average Bonchev–Trinajstić information content (AvgIpc) is 3.20. The molecule has 1 aliphatic heterocycles. The van der Waals surface area contributed by atoms with Crippen LogP contribution in [0, 0.1) is 5.82 Å². The minimum Gasteiger partial charge on any atom is -0.336 e. The summed E-state index contributed by atoms with van der Waals surface area (Å²) in [5.41, 5.74) is 0.00882. The molecule has 31 heavy (non-hydrogen) atoms. The van der Waals surface area contributed by atoms with E-state index in [0.717, 1.165) is 17.4 Å². The third kappa shape index (κ3) is 3.88. The molecule has 3 aromatic rings. The highest BCUT2D eigenvalue weighted by Crippen LogP contribution is 2.22. The van der Waals surface area contributed by atoms with Gasteiger partial charge in [0.1, 0.15) is 17.2 Å². The summed E-state index contributed by atoms with van der Waals surface area (Å²) in [6.07, 6.45) is 4.51. The van der Waals surface area contributed by atoms with Gasteiger partial charge in [0.25, 0.3) is 5.56 Å². The van der Waals surface area contributed by atoms with Crippen molar-refractivity contribution in [2.45, 2.75) is 38.4 Å². The Morgan fingerprint density at radius 2 is 2.03 bits per heavy atom. The molecule has 4 rings (SSSR count). The number of hydrogen-bond acceptors (Lipinski definition) is 5. The summed E-state index contributed by atoms with van der Waals surface area (Å²) >= 11 is 0. The number of imidazole rings is 1. The number of carbonyl (C=O) groups is 1. The Kier molecular flexibility index (Phi) is 5.69. The highest BCUT2D eigenvalue weighted by atomic mass is 19.1. The Bertz CT molecular complexity index is 1260. The third-order valence-electron chi connectivity index (χ3n) is 5.73. The summed E-state index contributed by atoms with van der Waals surface area (Å²) in [4.78, 5) is 48.0. The number of hydrogen-bond donors (Lipinski definition) is 1. The number of aromatic amines is 1. The predicted molar refractivity (Wildman–Crippen MR) is 115 cm³/mol. The van der Waals surface area contributed by atoms with Crippen LogP contribution in [0.15, 0.2) is 46.5 Å². The first-order valence-corrected chi connectivity index (χ1v) is 10.2. The number of H-pyrrole nitrogens is 1. The molecule has 1 N–H and O–H groups in total. The first-order valence-electron chi connectivity index (χ1n) is 10.2. The number of carbonyl (C=O) groups excluding carboxylic acids is 1. The number of Topliss-reactive ketones (excluding diaryl/α,β-unsaturated/α-hetero) is 1. The summed E-state index contributed by atoms with van der Waals surface area (Å²) < 4.78 is 15.7. The molecule has 0 spiro atoms. The Morgan fingerprint density at radius 1 is 1.29 bits per heavy atom. The van der Waals surface area contributed by atoms with Crippen LogP contribution < -0.4 is 11.2 Å². The molecule has 1 saturated heterocycles. The van der Waals surface area contributed by atoms with E-state index >= 15 is 0 Å². The molecule has 0 aliphatic carbocycles. The van der Waals surface area contributed by atoms with E-state index in [0.29, 0.717) is 30.8 Å². The minimum atomic E-state index is -0.493. The van der Waals surface area contributed by atoms with Gasteiger partial charge >= 0.3 is 5.69 Å². The maximum atomic E-state index is 13.3. The van der Waals surface area contributed by atoms with Crippen LogP contribution in [0.4, 0.5) is 4.39 Å². The molecule has 0 saturated carbocycles. The Labute approximate surface area is 177 Å². The fraction of sp³-hybridized carbons (Fsp3) is 0.364. The zero-order valence-electron chi connectivity index (χ0n) is 17.3.